The molecular weight excluding hydrogens is 328 g/mol. The van der Waals surface area contributed by atoms with Gasteiger partial charge >= 0.3 is 5.97 Å². The summed E-state index contributed by atoms with van der Waals surface area (Å²) in [4.78, 5) is 23.7. The summed E-state index contributed by atoms with van der Waals surface area (Å²) in [6.45, 7) is 8.80. The molecule has 4 nitrogen and oxygen atoms in total. The first kappa shape index (κ1) is 18.9. The van der Waals surface area contributed by atoms with Crippen LogP contribution < -0.4 is 0 Å². The molecule has 2 fully saturated rings. The van der Waals surface area contributed by atoms with Crippen LogP contribution in [0.2, 0.25) is 0 Å². The van der Waals surface area contributed by atoms with Crippen molar-refractivity contribution in [1.29, 1.82) is 0 Å². The molecule has 2 saturated carbocycles. The third-order valence-electron chi connectivity index (χ3n) is 7.26. The number of rotatable bonds is 5. The Bertz CT molecular complexity index is 703. The number of esters is 1. The zero-order chi connectivity index (χ0) is 18.9. The van der Waals surface area contributed by atoms with Crippen molar-refractivity contribution in [3.8, 4) is 0 Å². The zero-order valence-electron chi connectivity index (χ0n) is 16.2. The van der Waals surface area contributed by atoms with E-state index >= 15 is 0 Å². The van der Waals surface area contributed by atoms with Crippen LogP contribution in [-0.4, -0.2) is 19.4 Å². The van der Waals surface area contributed by atoms with Gasteiger partial charge in [-0.1, -0.05) is 25.5 Å². The van der Waals surface area contributed by atoms with Crippen molar-refractivity contribution in [2.45, 2.75) is 58.8 Å². The van der Waals surface area contributed by atoms with E-state index in [0.29, 0.717) is 17.6 Å². The Hall–Kier alpha value is -1.84. The number of aldehydes is 1. The minimum Gasteiger partial charge on any atom is -0.469 e. The van der Waals surface area contributed by atoms with Gasteiger partial charge in [0.15, 0.2) is 12.0 Å². The Balaban J connectivity index is 1.86. The molecule has 1 aromatic rings. The van der Waals surface area contributed by atoms with E-state index in [4.69, 9.17) is 9.15 Å². The van der Waals surface area contributed by atoms with E-state index in [-0.39, 0.29) is 11.4 Å². The summed E-state index contributed by atoms with van der Waals surface area (Å²) in [7, 11) is 1.50. The molecule has 4 heteroatoms. The van der Waals surface area contributed by atoms with E-state index in [1.807, 2.05) is 6.07 Å². The number of ether oxygens (including phenoxy) is 1. The van der Waals surface area contributed by atoms with Gasteiger partial charge in [-0.25, -0.2) is 0 Å². The molecule has 0 amide bonds. The Labute approximate surface area is 156 Å². The molecule has 26 heavy (non-hydrogen) atoms. The predicted octanol–water partition coefficient (Wildman–Crippen LogP) is 4.98. The molecular formula is C22H30O4. The number of carbonyl (C=O) groups is 2. The van der Waals surface area contributed by atoms with Crippen LogP contribution >= 0.6 is 0 Å². The van der Waals surface area contributed by atoms with Crippen LogP contribution in [0, 0.1) is 22.7 Å². The molecule has 0 aromatic carbocycles. The maximum Gasteiger partial charge on any atom is 0.311 e. The molecule has 4 atom stereocenters. The highest BCUT2D eigenvalue weighted by atomic mass is 16.5. The van der Waals surface area contributed by atoms with Crippen LogP contribution in [0.3, 0.4) is 0 Å². The molecule has 142 valence electrons. The lowest BCUT2D eigenvalue weighted by Crippen LogP contribution is -2.53. The lowest BCUT2D eigenvalue weighted by atomic mass is 9.46. The van der Waals surface area contributed by atoms with Crippen molar-refractivity contribution in [2.75, 3.05) is 7.11 Å². The van der Waals surface area contributed by atoms with E-state index < -0.39 is 5.41 Å². The summed E-state index contributed by atoms with van der Waals surface area (Å²) >= 11 is 0. The second kappa shape index (κ2) is 7.05. The van der Waals surface area contributed by atoms with Crippen molar-refractivity contribution in [2.24, 2.45) is 22.7 Å². The van der Waals surface area contributed by atoms with Crippen molar-refractivity contribution < 1.29 is 18.7 Å². The molecule has 0 aliphatic heterocycles. The average molecular weight is 358 g/mol. The molecule has 0 bridgehead atoms. The van der Waals surface area contributed by atoms with Crippen molar-refractivity contribution >= 4 is 12.3 Å². The lowest BCUT2D eigenvalue weighted by Gasteiger charge is -2.57. The second-order valence-corrected chi connectivity index (χ2v) is 8.54. The van der Waals surface area contributed by atoms with Crippen molar-refractivity contribution in [3.63, 3.8) is 0 Å². The van der Waals surface area contributed by atoms with E-state index in [2.05, 4.69) is 20.4 Å². The number of hydrogen-bond acceptors (Lipinski definition) is 4. The minimum atomic E-state index is -0.412. The number of fused-ring (bicyclic) bond motifs is 1. The van der Waals surface area contributed by atoms with Crippen LogP contribution in [0.1, 0.15) is 68.5 Å². The van der Waals surface area contributed by atoms with Gasteiger partial charge in [0.2, 0.25) is 0 Å². The fourth-order valence-electron chi connectivity index (χ4n) is 5.92. The fraction of sp³-hybridized carbons (Fsp3) is 0.636. The van der Waals surface area contributed by atoms with Crippen LogP contribution in [0.4, 0.5) is 0 Å². The molecule has 3 rings (SSSR count). The normalized spacial score (nSPS) is 34.2. The number of allylic oxidation sites excluding steroid dienone is 1. The first-order valence-corrected chi connectivity index (χ1v) is 9.64. The van der Waals surface area contributed by atoms with Crippen LogP contribution in [0.5, 0.6) is 0 Å². The predicted molar refractivity (Wildman–Crippen MR) is 99.9 cm³/mol. The minimum absolute atomic E-state index is 0.0433. The first-order valence-electron chi connectivity index (χ1n) is 9.64. The molecule has 2 aliphatic carbocycles. The highest BCUT2D eigenvalue weighted by Gasteiger charge is 2.57. The second-order valence-electron chi connectivity index (χ2n) is 8.54. The largest absolute Gasteiger partial charge is 0.469 e. The fourth-order valence-corrected chi connectivity index (χ4v) is 5.92. The molecule has 0 unspecified atom stereocenters. The number of aryl methyl sites for hydroxylation is 1. The summed E-state index contributed by atoms with van der Waals surface area (Å²) in [5, 5.41) is 0. The molecule has 0 N–H and O–H groups in total. The van der Waals surface area contributed by atoms with Gasteiger partial charge in [0, 0.05) is 5.56 Å². The average Bonchev–Trinajstić information content (AvgIpc) is 3.07. The Morgan fingerprint density at radius 1 is 1.42 bits per heavy atom. The number of carbonyl (C=O) groups excluding carboxylic acids is 2. The van der Waals surface area contributed by atoms with Crippen LogP contribution in [-0.2, 0) is 16.0 Å². The van der Waals surface area contributed by atoms with Gasteiger partial charge in [-0.15, -0.1) is 0 Å². The summed E-state index contributed by atoms with van der Waals surface area (Å²) < 4.78 is 10.4. The lowest BCUT2D eigenvalue weighted by molar-refractivity contribution is -0.168. The number of hydrogen-bond donors (Lipinski definition) is 0. The maximum absolute atomic E-state index is 12.6. The van der Waals surface area contributed by atoms with Crippen LogP contribution in [0.25, 0.3) is 0 Å². The molecule has 2 aliphatic rings. The molecule has 0 saturated heterocycles. The third-order valence-corrected chi connectivity index (χ3v) is 7.26. The first-order chi connectivity index (χ1) is 12.4. The number of furan rings is 1. The standard InChI is InChI=1S/C22H30O4/c1-15-6-9-19-21(2,11-5-12-22(19,3)20(24)25-4)17(15)8-7-16-10-13-26-18(16)14-23/h10,13-14,17,19H,1,5-9,11-12H2,2-4H3/t17-,19+,21+,22-/m0/s1. The molecule has 1 heterocycles. The van der Waals surface area contributed by atoms with Crippen LogP contribution in [0.15, 0.2) is 28.9 Å². The van der Waals surface area contributed by atoms with Gasteiger partial charge < -0.3 is 9.15 Å². The van der Waals surface area contributed by atoms with E-state index in [0.717, 1.165) is 56.8 Å². The van der Waals surface area contributed by atoms with Gasteiger partial charge in [-0.2, -0.15) is 0 Å². The molecule has 0 spiro atoms. The Kier molecular flexibility index (Phi) is 5.14. The van der Waals surface area contributed by atoms with Gasteiger partial charge in [-0.3, -0.25) is 9.59 Å². The molecule has 0 radical (unpaired) electrons. The summed E-state index contributed by atoms with van der Waals surface area (Å²) in [6.07, 6.45) is 9.10. The van der Waals surface area contributed by atoms with Crippen molar-refractivity contribution in [3.05, 3.63) is 35.8 Å². The molecule has 1 aromatic heterocycles. The quantitative estimate of drug-likeness (QED) is 0.423. The smallest absolute Gasteiger partial charge is 0.311 e. The monoisotopic (exact) mass is 358 g/mol. The van der Waals surface area contributed by atoms with Gasteiger partial charge in [0.25, 0.3) is 0 Å². The third kappa shape index (κ3) is 2.93. The number of methoxy groups -OCH3 is 1. The highest BCUT2D eigenvalue weighted by Crippen LogP contribution is 2.62. The summed E-state index contributed by atoms with van der Waals surface area (Å²) in [6, 6.07) is 1.88. The van der Waals surface area contributed by atoms with E-state index in [1.54, 1.807) is 6.26 Å². The Morgan fingerprint density at radius 2 is 2.19 bits per heavy atom. The Morgan fingerprint density at radius 3 is 2.88 bits per heavy atom. The highest BCUT2D eigenvalue weighted by molar-refractivity contribution is 5.77. The van der Waals surface area contributed by atoms with E-state index in [1.165, 1.54) is 12.7 Å². The van der Waals surface area contributed by atoms with E-state index in [9.17, 15) is 9.59 Å². The topological polar surface area (TPSA) is 56.5 Å². The van der Waals surface area contributed by atoms with Gasteiger partial charge in [0.05, 0.1) is 18.8 Å². The van der Waals surface area contributed by atoms with Gasteiger partial charge in [-0.05, 0) is 68.8 Å². The maximum atomic E-state index is 12.6. The van der Waals surface area contributed by atoms with Gasteiger partial charge in [0.1, 0.15) is 0 Å². The zero-order valence-corrected chi connectivity index (χ0v) is 16.2. The van der Waals surface area contributed by atoms with Crippen molar-refractivity contribution in [1.82, 2.24) is 0 Å². The summed E-state index contributed by atoms with van der Waals surface area (Å²) in [5.41, 5.74) is 1.88. The SMILES string of the molecule is C=C1CC[C@@H]2[C@](C)(CCC[C@]2(C)C(=O)OC)[C@H]1CCc1ccoc1C=O. The summed E-state index contributed by atoms with van der Waals surface area (Å²) in [5.74, 6) is 1.01.